The highest BCUT2D eigenvalue weighted by molar-refractivity contribution is 7.87. The zero-order valence-electron chi connectivity index (χ0n) is 16.1. The van der Waals surface area contributed by atoms with Crippen molar-refractivity contribution in [2.24, 2.45) is 23.7 Å². The smallest absolute Gasteiger partial charge is 0.459 e. The van der Waals surface area contributed by atoms with Crippen molar-refractivity contribution in [3.8, 4) is 0 Å². The van der Waals surface area contributed by atoms with Gasteiger partial charge < -0.3 is 14.2 Å². The van der Waals surface area contributed by atoms with Gasteiger partial charge in [-0.3, -0.25) is 14.1 Å². The van der Waals surface area contributed by atoms with Gasteiger partial charge in [0.05, 0.1) is 11.8 Å². The van der Waals surface area contributed by atoms with Crippen LogP contribution in [-0.4, -0.2) is 53.9 Å². The zero-order valence-corrected chi connectivity index (χ0v) is 16.9. The van der Waals surface area contributed by atoms with Gasteiger partial charge in [-0.25, -0.2) is 4.79 Å². The molecule has 5 unspecified atom stereocenters. The lowest BCUT2D eigenvalue weighted by Gasteiger charge is -2.36. The molecule has 4 aliphatic rings. The fourth-order valence-electron chi connectivity index (χ4n) is 5.48. The van der Waals surface area contributed by atoms with Crippen LogP contribution in [-0.2, 0) is 38.7 Å². The van der Waals surface area contributed by atoms with Crippen molar-refractivity contribution in [3.05, 3.63) is 0 Å². The van der Waals surface area contributed by atoms with E-state index in [0.717, 1.165) is 19.3 Å². The minimum atomic E-state index is -6.05. The summed E-state index contributed by atoms with van der Waals surface area (Å²) in [5.41, 5.74) is -0.691. The third kappa shape index (κ3) is 3.19. The average molecular weight is 452 g/mol. The Balaban J connectivity index is 1.55. The molecular formula is C18H22F2O9S. The van der Waals surface area contributed by atoms with Crippen molar-refractivity contribution < 1.29 is 50.3 Å². The van der Waals surface area contributed by atoms with Gasteiger partial charge in [0, 0.05) is 11.8 Å². The van der Waals surface area contributed by atoms with Crippen molar-refractivity contribution in [2.45, 2.75) is 68.5 Å². The van der Waals surface area contributed by atoms with Gasteiger partial charge in [0.1, 0.15) is 17.8 Å². The lowest BCUT2D eigenvalue weighted by atomic mass is 9.78. The summed E-state index contributed by atoms with van der Waals surface area (Å²) in [6, 6.07) is 0. The summed E-state index contributed by atoms with van der Waals surface area (Å²) >= 11 is 0. The highest BCUT2D eigenvalue weighted by atomic mass is 32.2. The molecule has 0 aromatic heterocycles. The van der Waals surface area contributed by atoms with Crippen LogP contribution in [0.4, 0.5) is 8.78 Å². The summed E-state index contributed by atoms with van der Waals surface area (Å²) in [4.78, 5) is 37.1. The van der Waals surface area contributed by atoms with Crippen LogP contribution in [0.15, 0.2) is 0 Å². The molecule has 1 saturated heterocycles. The molecule has 0 aromatic rings. The Hall–Kier alpha value is -1.82. The lowest BCUT2D eigenvalue weighted by Crippen LogP contribution is -2.48. The summed E-state index contributed by atoms with van der Waals surface area (Å²) in [6.07, 6.45) is 1.88. The van der Waals surface area contributed by atoms with Gasteiger partial charge in [0.2, 0.25) is 0 Å². The monoisotopic (exact) mass is 452 g/mol. The Morgan fingerprint density at radius 3 is 2.43 bits per heavy atom. The molecule has 6 atom stereocenters. The Bertz CT molecular complexity index is 880. The van der Waals surface area contributed by atoms with E-state index in [2.05, 4.69) is 0 Å². The average Bonchev–Trinajstić information content (AvgIpc) is 3.24. The molecule has 12 heteroatoms. The van der Waals surface area contributed by atoms with E-state index in [-0.39, 0.29) is 6.42 Å². The van der Waals surface area contributed by atoms with E-state index in [1.165, 1.54) is 0 Å². The Morgan fingerprint density at radius 1 is 1.20 bits per heavy atom. The maximum atomic E-state index is 13.6. The van der Waals surface area contributed by atoms with Gasteiger partial charge in [0.15, 0.2) is 0 Å². The number of rotatable bonds is 5. The molecule has 0 aromatic carbocycles. The Kier molecular flexibility index (Phi) is 4.88. The summed E-state index contributed by atoms with van der Waals surface area (Å²) in [5, 5.41) is -5.18. The maximum absolute atomic E-state index is 13.6. The molecule has 9 nitrogen and oxygen atoms in total. The quantitative estimate of drug-likeness (QED) is 0.374. The summed E-state index contributed by atoms with van der Waals surface area (Å²) in [7, 11) is -6.05. The van der Waals surface area contributed by atoms with E-state index in [0.29, 0.717) is 12.8 Å². The molecule has 2 bridgehead atoms. The van der Waals surface area contributed by atoms with Crippen LogP contribution in [0.2, 0.25) is 0 Å². The first kappa shape index (κ1) is 21.4. The van der Waals surface area contributed by atoms with Gasteiger partial charge >= 0.3 is 33.3 Å². The number of alkyl halides is 2. The standard InChI is InChI=1S/C18H22F2O9S/c1-17(5-3-2-4-6-17)29-15(22)11-9-7-8-10(11)14(21)27-12(8)13(9)28-16(23)18(19,20)30(24,25)26/h8-13H,2-7H2,1H3,(H,24,25,26)/t8?,9-,10?,11?,12?,13?/m0/s1. The first-order valence-corrected chi connectivity index (χ1v) is 11.3. The molecule has 4 fully saturated rings. The fraction of sp³-hybridized carbons (Fsp3) is 0.833. The van der Waals surface area contributed by atoms with E-state index < -0.39 is 74.8 Å². The minimum Gasteiger partial charge on any atom is -0.459 e. The van der Waals surface area contributed by atoms with Gasteiger partial charge in [-0.15, -0.1) is 0 Å². The number of hydrogen-bond acceptors (Lipinski definition) is 8. The Morgan fingerprint density at radius 2 is 1.83 bits per heavy atom. The zero-order chi connectivity index (χ0) is 22.1. The molecule has 0 spiro atoms. The molecule has 1 heterocycles. The normalized spacial score (nSPS) is 37.0. The second kappa shape index (κ2) is 6.84. The SMILES string of the molecule is CC1(OC(=O)C2C3C(=O)OC4C3C[C@@H]2C4OC(=O)C(F)(F)S(=O)(=O)O)CCCCC1. The van der Waals surface area contributed by atoms with Crippen LogP contribution in [0.3, 0.4) is 0 Å². The van der Waals surface area contributed by atoms with Crippen molar-refractivity contribution >= 4 is 28.0 Å². The van der Waals surface area contributed by atoms with E-state index >= 15 is 0 Å². The molecule has 3 aliphatic carbocycles. The van der Waals surface area contributed by atoms with Crippen molar-refractivity contribution in [2.75, 3.05) is 0 Å². The highest BCUT2D eigenvalue weighted by Crippen LogP contribution is 2.59. The second-order valence-corrected chi connectivity index (χ2v) is 10.3. The van der Waals surface area contributed by atoms with Gasteiger partial charge in [0.25, 0.3) is 0 Å². The molecule has 1 aliphatic heterocycles. The fourth-order valence-corrected chi connectivity index (χ4v) is 5.74. The first-order valence-electron chi connectivity index (χ1n) is 9.85. The largest absolute Gasteiger partial charge is 0.465 e. The van der Waals surface area contributed by atoms with Crippen molar-refractivity contribution in [3.63, 3.8) is 0 Å². The molecule has 30 heavy (non-hydrogen) atoms. The van der Waals surface area contributed by atoms with E-state index in [4.69, 9.17) is 18.8 Å². The summed E-state index contributed by atoms with van der Waals surface area (Å²) in [5.74, 6) is -7.02. The minimum absolute atomic E-state index is 0.215. The molecule has 0 radical (unpaired) electrons. The predicted octanol–water partition coefficient (Wildman–Crippen LogP) is 1.45. The molecule has 4 rings (SSSR count). The van der Waals surface area contributed by atoms with Gasteiger partial charge in [-0.2, -0.15) is 17.2 Å². The number of esters is 3. The molecule has 0 amide bonds. The topological polar surface area (TPSA) is 133 Å². The molecular weight excluding hydrogens is 430 g/mol. The summed E-state index contributed by atoms with van der Waals surface area (Å²) in [6.45, 7) is 1.80. The van der Waals surface area contributed by atoms with Crippen LogP contribution < -0.4 is 0 Å². The van der Waals surface area contributed by atoms with Crippen molar-refractivity contribution in [1.82, 2.24) is 0 Å². The van der Waals surface area contributed by atoms with Crippen LogP contribution in [0.25, 0.3) is 0 Å². The lowest BCUT2D eigenvalue weighted by molar-refractivity contribution is -0.183. The van der Waals surface area contributed by atoms with Crippen molar-refractivity contribution in [1.29, 1.82) is 0 Å². The second-order valence-electron chi connectivity index (χ2n) is 8.81. The van der Waals surface area contributed by atoms with Crippen LogP contribution in [0.1, 0.15) is 45.4 Å². The number of fused-ring (bicyclic) bond motifs is 1. The third-order valence-corrected chi connectivity index (χ3v) is 7.70. The molecule has 168 valence electrons. The van der Waals surface area contributed by atoms with Gasteiger partial charge in [-0.05, 0) is 39.0 Å². The number of halogens is 2. The van der Waals surface area contributed by atoms with Crippen LogP contribution in [0.5, 0.6) is 0 Å². The number of carbonyl (C=O) groups is 3. The van der Waals surface area contributed by atoms with E-state index in [9.17, 15) is 31.6 Å². The maximum Gasteiger partial charge on any atom is 0.465 e. The number of ether oxygens (including phenoxy) is 3. The van der Waals surface area contributed by atoms with Gasteiger partial charge in [-0.1, -0.05) is 6.42 Å². The summed E-state index contributed by atoms with van der Waals surface area (Å²) < 4.78 is 73.1. The molecule has 1 N–H and O–H groups in total. The number of carbonyl (C=O) groups excluding carboxylic acids is 3. The van der Waals surface area contributed by atoms with E-state index in [1.54, 1.807) is 6.92 Å². The van der Waals surface area contributed by atoms with E-state index in [1.807, 2.05) is 0 Å². The first-order chi connectivity index (χ1) is 13.9. The van der Waals surface area contributed by atoms with Crippen LogP contribution >= 0.6 is 0 Å². The molecule has 3 saturated carbocycles. The Labute approximate surface area is 171 Å². The third-order valence-electron chi connectivity index (χ3n) is 6.88. The highest BCUT2D eigenvalue weighted by Gasteiger charge is 2.71. The predicted molar refractivity (Wildman–Crippen MR) is 92.4 cm³/mol. The number of hydrogen-bond donors (Lipinski definition) is 1. The van der Waals surface area contributed by atoms with Crippen LogP contribution in [0, 0.1) is 23.7 Å².